The molecule has 2 saturated heterocycles. The van der Waals surface area contributed by atoms with Gasteiger partial charge in [-0.15, -0.1) is 0 Å². The molecule has 1 spiro atoms. The molecule has 1 unspecified atom stereocenters. The third kappa shape index (κ3) is 4.37. The molecule has 2 aliphatic rings. The van der Waals surface area contributed by atoms with Gasteiger partial charge in [-0.1, -0.05) is 12.1 Å². The lowest BCUT2D eigenvalue weighted by atomic mass is 9.83. The number of rotatable bonds is 5. The second-order valence-electron chi connectivity index (χ2n) is 6.78. The number of hydrogen-bond donors (Lipinski definition) is 0. The van der Waals surface area contributed by atoms with Crippen LogP contribution in [0.25, 0.3) is 0 Å². The highest BCUT2D eigenvalue weighted by Crippen LogP contribution is 2.36. The Balaban J connectivity index is 1.56. The average molecular weight is 351 g/mol. The second kappa shape index (κ2) is 8.25. The van der Waals surface area contributed by atoms with E-state index in [1.165, 1.54) is 6.07 Å². The number of benzene rings is 1. The van der Waals surface area contributed by atoms with Gasteiger partial charge in [-0.25, -0.2) is 4.39 Å². The van der Waals surface area contributed by atoms with Crippen LogP contribution in [0.1, 0.15) is 36.0 Å². The van der Waals surface area contributed by atoms with Crippen molar-refractivity contribution in [2.75, 3.05) is 40.0 Å². The summed E-state index contributed by atoms with van der Waals surface area (Å²) in [6.07, 6.45) is 3.44. The normalized spacial score (nSPS) is 23.0. The highest BCUT2D eigenvalue weighted by atomic mass is 19.1. The van der Waals surface area contributed by atoms with Crippen LogP contribution in [-0.4, -0.2) is 62.5 Å². The zero-order valence-electron chi connectivity index (χ0n) is 14.7. The van der Waals surface area contributed by atoms with Gasteiger partial charge in [0.1, 0.15) is 5.82 Å². The molecule has 1 aromatic rings. The number of piperidine rings is 1. The number of nitrogens with zero attached hydrogens (tertiary/aromatic N) is 1. The van der Waals surface area contributed by atoms with Gasteiger partial charge in [-0.05, 0) is 31.4 Å². The molecule has 1 amide bonds. The maximum Gasteiger partial charge on any atom is 0.256 e. The number of likely N-dealkylation sites (tertiary alicyclic amines) is 1. The van der Waals surface area contributed by atoms with Crippen LogP contribution in [0.15, 0.2) is 24.3 Å². The number of carbonyl (C=O) groups excluding carboxylic acids is 1. The fourth-order valence-electron chi connectivity index (χ4n) is 3.69. The molecule has 0 saturated carbocycles. The predicted molar refractivity (Wildman–Crippen MR) is 91.1 cm³/mol. The van der Waals surface area contributed by atoms with Gasteiger partial charge in [0.05, 0.1) is 30.5 Å². The summed E-state index contributed by atoms with van der Waals surface area (Å²) in [6.45, 7) is 3.03. The molecule has 2 fully saturated rings. The highest BCUT2D eigenvalue weighted by Gasteiger charge is 2.41. The van der Waals surface area contributed by atoms with Crippen molar-refractivity contribution < 1.29 is 23.4 Å². The summed E-state index contributed by atoms with van der Waals surface area (Å²) >= 11 is 0. The molecule has 5 nitrogen and oxygen atoms in total. The third-order valence-corrected chi connectivity index (χ3v) is 5.15. The maximum absolute atomic E-state index is 13.8. The van der Waals surface area contributed by atoms with Gasteiger partial charge in [-0.2, -0.15) is 0 Å². The molecule has 0 aliphatic carbocycles. The first-order valence-electron chi connectivity index (χ1n) is 8.92. The Labute approximate surface area is 148 Å². The van der Waals surface area contributed by atoms with Gasteiger partial charge >= 0.3 is 0 Å². The van der Waals surface area contributed by atoms with Crippen molar-refractivity contribution in [2.24, 2.45) is 0 Å². The highest BCUT2D eigenvalue weighted by molar-refractivity contribution is 5.94. The van der Waals surface area contributed by atoms with Crippen molar-refractivity contribution in [3.05, 3.63) is 35.6 Å². The minimum atomic E-state index is -0.465. The first-order valence-corrected chi connectivity index (χ1v) is 8.92. The van der Waals surface area contributed by atoms with Crippen molar-refractivity contribution in [3.63, 3.8) is 0 Å². The number of ether oxygens (including phenoxy) is 3. The van der Waals surface area contributed by atoms with E-state index >= 15 is 0 Å². The van der Waals surface area contributed by atoms with E-state index in [4.69, 9.17) is 14.2 Å². The van der Waals surface area contributed by atoms with Gasteiger partial charge in [0.15, 0.2) is 0 Å². The lowest BCUT2D eigenvalue weighted by Gasteiger charge is -2.46. The standard InChI is InChI=1S/C19H26FNO4/c1-23-12-13-24-15-6-11-25-19(14-15)7-9-21(10-8-19)18(22)16-4-2-3-5-17(16)20/h2-5,15H,6-14H2,1H3. The van der Waals surface area contributed by atoms with Gasteiger partial charge in [0.2, 0.25) is 0 Å². The molecule has 0 bridgehead atoms. The van der Waals surface area contributed by atoms with E-state index in [1.807, 2.05) is 0 Å². The summed E-state index contributed by atoms with van der Waals surface area (Å²) in [6, 6.07) is 6.15. The lowest BCUT2D eigenvalue weighted by molar-refractivity contribution is -0.154. The SMILES string of the molecule is COCCOC1CCOC2(CCN(C(=O)c3ccccc3F)CC2)C1. The van der Waals surface area contributed by atoms with Gasteiger partial charge in [0, 0.05) is 33.2 Å². The molecule has 2 heterocycles. The second-order valence-corrected chi connectivity index (χ2v) is 6.78. The van der Waals surface area contributed by atoms with Crippen LogP contribution in [0.2, 0.25) is 0 Å². The Morgan fingerprint density at radius 2 is 2.08 bits per heavy atom. The van der Waals surface area contributed by atoms with E-state index in [9.17, 15) is 9.18 Å². The number of halogens is 1. The zero-order chi connectivity index (χ0) is 17.7. The molecule has 2 aliphatic heterocycles. The molecule has 0 aromatic heterocycles. The van der Waals surface area contributed by atoms with Crippen LogP contribution in [0.4, 0.5) is 4.39 Å². The lowest BCUT2D eigenvalue weighted by Crippen LogP contribution is -2.52. The molecule has 0 N–H and O–H groups in total. The van der Waals surface area contributed by atoms with Crippen molar-refractivity contribution >= 4 is 5.91 Å². The van der Waals surface area contributed by atoms with E-state index in [0.717, 1.165) is 25.7 Å². The molecule has 25 heavy (non-hydrogen) atoms. The largest absolute Gasteiger partial charge is 0.382 e. The molecule has 0 radical (unpaired) electrons. The third-order valence-electron chi connectivity index (χ3n) is 5.15. The Morgan fingerprint density at radius 3 is 2.80 bits per heavy atom. The number of hydrogen-bond acceptors (Lipinski definition) is 4. The first kappa shape index (κ1) is 18.3. The van der Waals surface area contributed by atoms with Crippen LogP contribution in [-0.2, 0) is 14.2 Å². The Bertz CT molecular complexity index is 587. The summed E-state index contributed by atoms with van der Waals surface area (Å²) in [4.78, 5) is 14.3. The maximum atomic E-state index is 13.8. The summed E-state index contributed by atoms with van der Waals surface area (Å²) in [5.74, 6) is -0.704. The zero-order valence-corrected chi connectivity index (χ0v) is 14.7. The molecule has 138 valence electrons. The van der Waals surface area contributed by atoms with Crippen LogP contribution in [0.3, 0.4) is 0 Å². The molecule has 6 heteroatoms. The van der Waals surface area contributed by atoms with E-state index in [0.29, 0.717) is 32.9 Å². The molecule has 1 aromatic carbocycles. The van der Waals surface area contributed by atoms with Crippen LogP contribution in [0, 0.1) is 5.82 Å². The number of amides is 1. The van der Waals surface area contributed by atoms with Crippen molar-refractivity contribution in [3.8, 4) is 0 Å². The van der Waals surface area contributed by atoms with Crippen molar-refractivity contribution in [1.29, 1.82) is 0 Å². The van der Waals surface area contributed by atoms with E-state index < -0.39 is 5.82 Å². The average Bonchev–Trinajstić information content (AvgIpc) is 2.63. The number of methoxy groups -OCH3 is 1. The monoisotopic (exact) mass is 351 g/mol. The number of carbonyl (C=O) groups is 1. The minimum Gasteiger partial charge on any atom is -0.382 e. The van der Waals surface area contributed by atoms with Gasteiger partial charge in [0.25, 0.3) is 5.91 Å². The summed E-state index contributed by atoms with van der Waals surface area (Å²) in [5.41, 5.74) is -0.0778. The van der Waals surface area contributed by atoms with Gasteiger partial charge < -0.3 is 19.1 Å². The first-order chi connectivity index (χ1) is 12.1. The molecular weight excluding hydrogens is 325 g/mol. The summed E-state index contributed by atoms with van der Waals surface area (Å²) in [5, 5.41) is 0. The fourth-order valence-corrected chi connectivity index (χ4v) is 3.69. The predicted octanol–water partition coefficient (Wildman–Crippen LogP) is 2.64. The van der Waals surface area contributed by atoms with Gasteiger partial charge in [-0.3, -0.25) is 4.79 Å². The topological polar surface area (TPSA) is 48.0 Å². The van der Waals surface area contributed by atoms with Crippen LogP contribution >= 0.6 is 0 Å². The Hall–Kier alpha value is -1.50. The quantitative estimate of drug-likeness (QED) is 0.765. The molecular formula is C19H26FNO4. The van der Waals surface area contributed by atoms with Crippen LogP contribution in [0.5, 0.6) is 0 Å². The Morgan fingerprint density at radius 1 is 1.32 bits per heavy atom. The summed E-state index contributed by atoms with van der Waals surface area (Å²) in [7, 11) is 1.66. The van der Waals surface area contributed by atoms with E-state index in [1.54, 1.807) is 30.2 Å². The van der Waals surface area contributed by atoms with E-state index in [2.05, 4.69) is 0 Å². The minimum absolute atomic E-state index is 0.142. The molecule has 1 atom stereocenters. The van der Waals surface area contributed by atoms with Crippen molar-refractivity contribution in [1.82, 2.24) is 4.90 Å². The van der Waals surface area contributed by atoms with E-state index in [-0.39, 0.29) is 23.2 Å². The summed E-state index contributed by atoms with van der Waals surface area (Å²) < 4.78 is 30.8. The fraction of sp³-hybridized carbons (Fsp3) is 0.632. The Kier molecular flexibility index (Phi) is 6.04. The molecule has 3 rings (SSSR count). The van der Waals surface area contributed by atoms with Crippen molar-refractivity contribution in [2.45, 2.75) is 37.4 Å². The smallest absolute Gasteiger partial charge is 0.256 e. The van der Waals surface area contributed by atoms with Crippen LogP contribution < -0.4 is 0 Å².